The van der Waals surface area contributed by atoms with E-state index in [-0.39, 0.29) is 23.8 Å². The summed E-state index contributed by atoms with van der Waals surface area (Å²) in [4.78, 5) is 55.5. The quantitative estimate of drug-likeness (QED) is 0.426. The molecule has 1 atom stereocenters. The summed E-state index contributed by atoms with van der Waals surface area (Å²) in [5.41, 5.74) is 2.27. The smallest absolute Gasteiger partial charge is 0.408 e. The molecule has 4 aromatic rings. The van der Waals surface area contributed by atoms with Crippen molar-refractivity contribution in [2.45, 2.75) is 19.0 Å². The van der Waals surface area contributed by atoms with Gasteiger partial charge in [-0.3, -0.25) is 19.0 Å². The minimum Gasteiger partial charge on any atom is -0.408 e. The van der Waals surface area contributed by atoms with E-state index < -0.39 is 23.6 Å². The molecule has 1 aromatic carbocycles. The van der Waals surface area contributed by atoms with E-state index in [0.717, 1.165) is 5.56 Å². The average Bonchev–Trinajstić information content (AvgIpc) is 3.51. The van der Waals surface area contributed by atoms with Crippen LogP contribution >= 0.6 is 0 Å². The van der Waals surface area contributed by atoms with Crippen molar-refractivity contribution in [1.82, 2.24) is 34.7 Å². The monoisotopic (exact) mass is 463 g/mol. The topological polar surface area (TPSA) is 144 Å². The molecule has 0 unspecified atom stereocenters. The number of nitrogens with zero attached hydrogens (tertiary/aromatic N) is 5. The lowest BCUT2D eigenvalue weighted by Crippen LogP contribution is -2.41. The van der Waals surface area contributed by atoms with Crippen molar-refractivity contribution in [3.05, 3.63) is 64.0 Å². The molecular formula is C22H21N7O5. The molecule has 0 saturated carbocycles. The summed E-state index contributed by atoms with van der Waals surface area (Å²) < 4.78 is 7.82. The Bertz CT molecular complexity index is 1520. The zero-order valence-electron chi connectivity index (χ0n) is 18.4. The number of aryl methyl sites for hydroxylation is 1. The highest BCUT2D eigenvalue weighted by Gasteiger charge is 2.31. The van der Waals surface area contributed by atoms with Gasteiger partial charge in [0.1, 0.15) is 17.4 Å². The summed E-state index contributed by atoms with van der Waals surface area (Å²) in [6, 6.07) is 7.46. The van der Waals surface area contributed by atoms with Crippen molar-refractivity contribution < 1.29 is 18.8 Å². The molecule has 2 N–H and O–H groups in total. The van der Waals surface area contributed by atoms with Crippen LogP contribution in [0.15, 0.2) is 45.7 Å². The molecule has 0 aliphatic carbocycles. The van der Waals surface area contributed by atoms with Crippen LogP contribution in [0.5, 0.6) is 0 Å². The van der Waals surface area contributed by atoms with Crippen LogP contribution < -0.4 is 16.4 Å². The number of hydrogen-bond donors (Lipinski definition) is 2. The second-order valence-corrected chi connectivity index (χ2v) is 8.11. The highest BCUT2D eigenvalue weighted by atomic mass is 16.4. The maximum Gasteiger partial charge on any atom is 0.419 e. The number of likely N-dealkylation sites (tertiary alicyclic amines) is 1. The van der Waals surface area contributed by atoms with Crippen molar-refractivity contribution in [1.29, 1.82) is 0 Å². The number of likely N-dealkylation sites (N-methyl/N-ethyl adjacent to an activating group) is 1. The minimum absolute atomic E-state index is 0.0322. The molecule has 4 heterocycles. The molecule has 1 fully saturated rings. The van der Waals surface area contributed by atoms with Crippen molar-refractivity contribution in [2.24, 2.45) is 7.05 Å². The molecule has 0 bridgehead atoms. The van der Waals surface area contributed by atoms with Crippen molar-refractivity contribution in [3.8, 4) is 0 Å². The lowest BCUT2D eigenvalue weighted by Gasteiger charge is -2.13. The van der Waals surface area contributed by atoms with Crippen LogP contribution in [0.2, 0.25) is 0 Å². The SMILES string of the molecule is CN1CC[C@H](NC(=O)c2cc(C(=O)NCc3ccc4oc(=O)n(C)c4c3)nc3ccnn23)C1=O. The molecule has 3 amide bonds. The summed E-state index contributed by atoms with van der Waals surface area (Å²) in [7, 11) is 3.28. The fourth-order valence-corrected chi connectivity index (χ4v) is 3.93. The Hall–Kier alpha value is -4.48. The molecule has 12 heteroatoms. The minimum atomic E-state index is -0.623. The number of oxazole rings is 1. The number of benzene rings is 1. The van der Waals surface area contributed by atoms with Crippen LogP contribution in [0, 0.1) is 0 Å². The lowest BCUT2D eigenvalue weighted by molar-refractivity contribution is -0.128. The standard InChI is InChI=1S/C22H21N7O5/c1-27-8-6-13(21(27)32)26-20(31)16-10-14(25-18-5-7-24-29(16)18)19(30)23-11-12-3-4-17-15(9-12)28(2)22(33)34-17/h3-5,7,9-10,13H,6,8,11H2,1-2H3,(H,23,30)(H,26,31)/t13-/m0/s1. The van der Waals surface area contributed by atoms with Gasteiger partial charge < -0.3 is 20.0 Å². The predicted octanol–water partition coefficient (Wildman–Crippen LogP) is 0.0647. The Morgan fingerprint density at radius 3 is 2.74 bits per heavy atom. The Kier molecular flexibility index (Phi) is 5.11. The molecule has 0 radical (unpaired) electrons. The summed E-state index contributed by atoms with van der Waals surface area (Å²) in [6.07, 6.45) is 1.98. The van der Waals surface area contributed by atoms with Crippen LogP contribution in [0.3, 0.4) is 0 Å². The average molecular weight is 463 g/mol. The third-order valence-electron chi connectivity index (χ3n) is 5.87. The van der Waals surface area contributed by atoms with E-state index in [4.69, 9.17) is 4.42 Å². The maximum atomic E-state index is 12.9. The van der Waals surface area contributed by atoms with Crippen LogP contribution in [-0.4, -0.2) is 61.4 Å². The Morgan fingerprint density at radius 1 is 1.15 bits per heavy atom. The number of hydrogen-bond acceptors (Lipinski definition) is 7. The van der Waals surface area contributed by atoms with E-state index in [2.05, 4.69) is 20.7 Å². The Morgan fingerprint density at radius 2 is 1.97 bits per heavy atom. The first kappa shape index (κ1) is 21.4. The van der Waals surface area contributed by atoms with Gasteiger partial charge in [0.05, 0.1) is 11.7 Å². The predicted molar refractivity (Wildman–Crippen MR) is 119 cm³/mol. The van der Waals surface area contributed by atoms with Crippen LogP contribution in [0.4, 0.5) is 0 Å². The maximum absolute atomic E-state index is 12.9. The molecule has 1 aliphatic rings. The normalized spacial score (nSPS) is 15.9. The number of fused-ring (bicyclic) bond motifs is 2. The van der Waals surface area contributed by atoms with E-state index in [1.807, 2.05) is 0 Å². The molecule has 174 valence electrons. The van der Waals surface area contributed by atoms with Gasteiger partial charge in [-0.15, -0.1) is 0 Å². The molecule has 1 saturated heterocycles. The van der Waals surface area contributed by atoms with Crippen LogP contribution in [0.1, 0.15) is 33.0 Å². The molecule has 1 aliphatic heterocycles. The summed E-state index contributed by atoms with van der Waals surface area (Å²) in [6.45, 7) is 0.731. The van der Waals surface area contributed by atoms with Gasteiger partial charge >= 0.3 is 5.76 Å². The molecule has 12 nitrogen and oxygen atoms in total. The van der Waals surface area contributed by atoms with Gasteiger partial charge in [-0.25, -0.2) is 14.3 Å². The van der Waals surface area contributed by atoms with Crippen molar-refractivity contribution in [3.63, 3.8) is 0 Å². The van der Waals surface area contributed by atoms with Crippen LogP contribution in [-0.2, 0) is 18.4 Å². The number of amides is 3. The van der Waals surface area contributed by atoms with E-state index in [1.54, 1.807) is 43.3 Å². The van der Waals surface area contributed by atoms with Crippen molar-refractivity contribution in [2.75, 3.05) is 13.6 Å². The Balaban J connectivity index is 1.36. The van der Waals surface area contributed by atoms with E-state index in [9.17, 15) is 19.2 Å². The first-order valence-corrected chi connectivity index (χ1v) is 10.6. The fraction of sp³-hybridized carbons (Fsp3) is 0.273. The number of carbonyl (C=O) groups is 3. The van der Waals surface area contributed by atoms with Gasteiger partial charge in [0.2, 0.25) is 5.91 Å². The van der Waals surface area contributed by atoms with Gasteiger partial charge in [-0.2, -0.15) is 5.10 Å². The van der Waals surface area contributed by atoms with Gasteiger partial charge in [-0.1, -0.05) is 6.07 Å². The number of aromatic nitrogens is 4. The summed E-state index contributed by atoms with van der Waals surface area (Å²) in [5.74, 6) is -1.64. The number of carbonyl (C=O) groups excluding carboxylic acids is 3. The zero-order valence-corrected chi connectivity index (χ0v) is 18.4. The first-order valence-electron chi connectivity index (χ1n) is 10.6. The lowest BCUT2D eigenvalue weighted by atomic mass is 10.2. The Labute approximate surface area is 192 Å². The van der Waals surface area contributed by atoms with Gasteiger partial charge in [0, 0.05) is 39.3 Å². The first-order chi connectivity index (χ1) is 16.3. The van der Waals surface area contributed by atoms with Gasteiger partial charge in [0.25, 0.3) is 11.8 Å². The second-order valence-electron chi connectivity index (χ2n) is 8.11. The molecule has 34 heavy (non-hydrogen) atoms. The fourth-order valence-electron chi connectivity index (χ4n) is 3.93. The summed E-state index contributed by atoms with van der Waals surface area (Å²) in [5, 5.41) is 9.60. The summed E-state index contributed by atoms with van der Waals surface area (Å²) >= 11 is 0. The van der Waals surface area contributed by atoms with Gasteiger partial charge in [0.15, 0.2) is 11.2 Å². The molecular weight excluding hydrogens is 442 g/mol. The van der Waals surface area contributed by atoms with E-state index in [1.165, 1.54) is 21.3 Å². The van der Waals surface area contributed by atoms with Crippen LogP contribution in [0.25, 0.3) is 16.7 Å². The van der Waals surface area contributed by atoms with Gasteiger partial charge in [-0.05, 0) is 24.1 Å². The second kappa shape index (κ2) is 8.14. The van der Waals surface area contributed by atoms with E-state index in [0.29, 0.717) is 29.7 Å². The number of rotatable bonds is 5. The van der Waals surface area contributed by atoms with Crippen molar-refractivity contribution >= 4 is 34.5 Å². The third-order valence-corrected chi connectivity index (χ3v) is 5.87. The zero-order chi connectivity index (χ0) is 24.0. The molecule has 5 rings (SSSR count). The molecule has 0 spiro atoms. The molecule has 3 aromatic heterocycles. The highest BCUT2D eigenvalue weighted by Crippen LogP contribution is 2.15. The number of nitrogens with one attached hydrogen (secondary N) is 2. The third kappa shape index (κ3) is 3.68. The largest absolute Gasteiger partial charge is 0.419 e. The highest BCUT2D eigenvalue weighted by molar-refractivity contribution is 6.00. The van der Waals surface area contributed by atoms with E-state index >= 15 is 0 Å².